The van der Waals surface area contributed by atoms with E-state index in [9.17, 15) is 9.82 Å². The lowest BCUT2D eigenvalue weighted by Gasteiger charge is -2.34. The van der Waals surface area contributed by atoms with E-state index in [1.165, 1.54) is 12.5 Å². The van der Waals surface area contributed by atoms with Crippen molar-refractivity contribution < 1.29 is 9.82 Å². The number of hydrogen-bond donors (Lipinski definition) is 2. The summed E-state index contributed by atoms with van der Waals surface area (Å²) < 4.78 is 0. The Balaban J connectivity index is 2.19. The molecule has 1 unspecified atom stereocenters. The molecule has 6 heteroatoms. The van der Waals surface area contributed by atoms with Gasteiger partial charge in [-0.2, -0.15) is 0 Å². The molecule has 0 bridgehead atoms. The van der Waals surface area contributed by atoms with Crippen molar-refractivity contribution in [3.05, 3.63) is 34.3 Å². The van der Waals surface area contributed by atoms with Crippen LogP contribution in [0.25, 0.3) is 0 Å². The summed E-state index contributed by atoms with van der Waals surface area (Å²) in [5.41, 5.74) is 2.36. The van der Waals surface area contributed by atoms with Gasteiger partial charge in [0.2, 0.25) is 5.91 Å². The van der Waals surface area contributed by atoms with Crippen LogP contribution >= 0.6 is 11.6 Å². The van der Waals surface area contributed by atoms with Crippen molar-refractivity contribution >= 4 is 24.6 Å². The van der Waals surface area contributed by atoms with E-state index < -0.39 is 0 Å². The molecule has 22 heavy (non-hydrogen) atoms. The normalized spacial score (nSPS) is 18.0. The number of carbonyl (C=O) groups is 1. The van der Waals surface area contributed by atoms with Crippen LogP contribution in [-0.2, 0) is 4.79 Å². The van der Waals surface area contributed by atoms with Crippen LogP contribution in [0.5, 0.6) is 0 Å². The van der Waals surface area contributed by atoms with Crippen LogP contribution in [-0.4, -0.2) is 35.9 Å². The fourth-order valence-corrected chi connectivity index (χ4v) is 3.44. The second kappa shape index (κ2) is 7.49. The van der Waals surface area contributed by atoms with E-state index in [-0.39, 0.29) is 19.0 Å². The van der Waals surface area contributed by atoms with Crippen LogP contribution in [0.1, 0.15) is 49.8 Å². The molecule has 120 valence electrons. The molecule has 4 nitrogen and oxygen atoms in total. The number of amides is 1. The molecule has 1 aromatic carbocycles. The third-order valence-corrected chi connectivity index (χ3v) is 4.67. The Kier molecular flexibility index (Phi) is 5.90. The number of benzene rings is 1. The minimum atomic E-state index is -0.385. The van der Waals surface area contributed by atoms with Crippen molar-refractivity contribution in [1.29, 1.82) is 0 Å². The van der Waals surface area contributed by atoms with Gasteiger partial charge in [0.25, 0.3) is 0 Å². The lowest BCUT2D eigenvalue weighted by atomic mass is 9.78. The minimum absolute atomic E-state index is 0.0395. The number of halogens is 1. The molecule has 1 atom stereocenters. The molecule has 1 aliphatic heterocycles. The van der Waals surface area contributed by atoms with Crippen LogP contribution in [0.15, 0.2) is 18.2 Å². The molecule has 0 saturated carbocycles. The van der Waals surface area contributed by atoms with Gasteiger partial charge in [0.1, 0.15) is 0 Å². The summed E-state index contributed by atoms with van der Waals surface area (Å²) in [6, 6.07) is 5.90. The highest BCUT2D eigenvalue weighted by Gasteiger charge is 2.27. The predicted molar refractivity (Wildman–Crippen MR) is 91.1 cm³/mol. The number of rotatable bonds is 4. The smallest absolute Gasteiger partial charge is 0.376 e. The Morgan fingerprint density at radius 3 is 2.64 bits per heavy atom. The predicted octanol–water partition coefficient (Wildman–Crippen LogP) is 2.83. The number of carbonyl (C=O) groups excluding carboxylic acids is 1. The zero-order chi connectivity index (χ0) is 16.3. The van der Waals surface area contributed by atoms with E-state index in [0.29, 0.717) is 10.9 Å². The number of nitrogens with one attached hydrogen (secondary N) is 1. The van der Waals surface area contributed by atoms with E-state index in [1.54, 1.807) is 0 Å². The van der Waals surface area contributed by atoms with Gasteiger partial charge in [-0.1, -0.05) is 17.7 Å². The molecule has 0 aliphatic carbocycles. The van der Waals surface area contributed by atoms with Crippen LogP contribution in [0.4, 0.5) is 0 Å². The summed E-state index contributed by atoms with van der Waals surface area (Å²) >= 11 is 6.15. The van der Waals surface area contributed by atoms with Crippen molar-refractivity contribution in [2.45, 2.75) is 45.5 Å². The second-order valence-electron chi connectivity index (χ2n) is 6.14. The standard InChI is InChI=1S/C16H24BClN2O2/c1-11(19-12(2)21)16-10-14(18)4-5-15(16)13-6-8-20(9-7-13)17(3)22/h4-5,10-11,13,22H,6-9H2,1-3H3,(H,19,21). The average molecular weight is 323 g/mol. The summed E-state index contributed by atoms with van der Waals surface area (Å²) in [5, 5.41) is 13.3. The Morgan fingerprint density at radius 2 is 2.09 bits per heavy atom. The van der Waals surface area contributed by atoms with Gasteiger partial charge in [0, 0.05) is 11.9 Å². The maximum absolute atomic E-state index is 11.3. The van der Waals surface area contributed by atoms with Crippen molar-refractivity contribution in [3.63, 3.8) is 0 Å². The molecule has 2 rings (SSSR count). The monoisotopic (exact) mass is 322 g/mol. The first kappa shape index (κ1) is 17.3. The van der Waals surface area contributed by atoms with Crippen molar-refractivity contribution in [1.82, 2.24) is 10.1 Å². The van der Waals surface area contributed by atoms with E-state index in [1.807, 2.05) is 25.9 Å². The molecular weight excluding hydrogens is 298 g/mol. The van der Waals surface area contributed by atoms with Crippen LogP contribution in [0.2, 0.25) is 11.8 Å². The zero-order valence-electron chi connectivity index (χ0n) is 13.5. The summed E-state index contributed by atoms with van der Waals surface area (Å²) in [6.07, 6.45) is 2.01. The topological polar surface area (TPSA) is 52.6 Å². The average Bonchev–Trinajstić information content (AvgIpc) is 2.46. The third-order valence-electron chi connectivity index (χ3n) is 4.43. The minimum Gasteiger partial charge on any atom is -0.437 e. The summed E-state index contributed by atoms with van der Waals surface area (Å²) in [6.45, 7) is 7.11. The molecule has 1 saturated heterocycles. The summed E-state index contributed by atoms with van der Waals surface area (Å²) in [5.74, 6) is 0.404. The molecule has 1 aliphatic rings. The second-order valence-corrected chi connectivity index (χ2v) is 6.57. The molecule has 1 amide bonds. The first-order valence-electron chi connectivity index (χ1n) is 7.87. The number of nitrogens with zero attached hydrogens (tertiary/aromatic N) is 1. The molecule has 0 radical (unpaired) electrons. The van der Waals surface area contributed by atoms with E-state index in [4.69, 9.17) is 11.6 Å². The highest BCUT2D eigenvalue weighted by atomic mass is 35.5. The lowest BCUT2D eigenvalue weighted by molar-refractivity contribution is -0.119. The zero-order valence-corrected chi connectivity index (χ0v) is 14.2. The molecule has 0 aromatic heterocycles. The van der Waals surface area contributed by atoms with Gasteiger partial charge in [-0.3, -0.25) is 4.79 Å². The largest absolute Gasteiger partial charge is 0.437 e. The highest BCUT2D eigenvalue weighted by molar-refractivity contribution is 6.45. The molecular formula is C16H24BClN2O2. The van der Waals surface area contributed by atoms with Crippen LogP contribution in [0.3, 0.4) is 0 Å². The van der Waals surface area contributed by atoms with Gasteiger partial charge >= 0.3 is 7.05 Å². The number of hydrogen-bond acceptors (Lipinski definition) is 3. The SMILES string of the molecule is CB(O)N1CCC(c2ccc(Cl)cc2C(C)NC(C)=O)CC1. The van der Waals surface area contributed by atoms with Crippen LogP contribution in [0, 0.1) is 0 Å². The Hall–Kier alpha value is -1.04. The maximum Gasteiger partial charge on any atom is 0.376 e. The summed E-state index contributed by atoms with van der Waals surface area (Å²) in [7, 11) is -0.385. The van der Waals surface area contributed by atoms with E-state index >= 15 is 0 Å². The fraction of sp³-hybridized carbons (Fsp3) is 0.562. The molecule has 1 fully saturated rings. The van der Waals surface area contributed by atoms with E-state index in [2.05, 4.69) is 16.2 Å². The molecule has 1 heterocycles. The first-order chi connectivity index (χ1) is 10.4. The quantitative estimate of drug-likeness (QED) is 0.838. The van der Waals surface area contributed by atoms with Gasteiger partial charge in [-0.15, -0.1) is 0 Å². The third kappa shape index (κ3) is 4.25. The highest BCUT2D eigenvalue weighted by Crippen LogP contribution is 2.34. The van der Waals surface area contributed by atoms with Gasteiger partial charge < -0.3 is 15.2 Å². The fourth-order valence-electron chi connectivity index (χ4n) is 3.26. The first-order valence-corrected chi connectivity index (χ1v) is 8.25. The van der Waals surface area contributed by atoms with Crippen molar-refractivity contribution in [2.24, 2.45) is 0 Å². The Labute approximate surface area is 138 Å². The summed E-state index contributed by atoms with van der Waals surface area (Å²) in [4.78, 5) is 13.4. The van der Waals surface area contributed by atoms with Gasteiger partial charge in [0.15, 0.2) is 0 Å². The molecule has 2 N–H and O–H groups in total. The number of piperidine rings is 1. The maximum atomic E-state index is 11.3. The van der Waals surface area contributed by atoms with Crippen molar-refractivity contribution in [3.8, 4) is 0 Å². The Morgan fingerprint density at radius 1 is 1.45 bits per heavy atom. The van der Waals surface area contributed by atoms with E-state index in [0.717, 1.165) is 31.5 Å². The molecule has 1 aromatic rings. The van der Waals surface area contributed by atoms with Crippen molar-refractivity contribution in [2.75, 3.05) is 13.1 Å². The Bertz CT molecular complexity index is 531. The molecule has 0 spiro atoms. The lowest BCUT2D eigenvalue weighted by Crippen LogP contribution is -2.42. The van der Waals surface area contributed by atoms with Gasteiger partial charge in [-0.25, -0.2) is 0 Å². The van der Waals surface area contributed by atoms with Gasteiger partial charge in [-0.05, 0) is 68.9 Å². The van der Waals surface area contributed by atoms with Gasteiger partial charge in [0.05, 0.1) is 6.04 Å². The van der Waals surface area contributed by atoms with Crippen LogP contribution < -0.4 is 5.32 Å².